The lowest BCUT2D eigenvalue weighted by Crippen LogP contribution is -2.67. The molecule has 0 bridgehead atoms. The van der Waals surface area contributed by atoms with E-state index in [1.807, 2.05) is 18.2 Å². The molecule has 7 nitrogen and oxygen atoms in total. The molecule has 2 N–H and O–H groups in total. The average Bonchev–Trinajstić information content (AvgIpc) is 3.14. The van der Waals surface area contributed by atoms with Crippen LogP contribution in [0.4, 0.5) is 4.39 Å². The van der Waals surface area contributed by atoms with Crippen LogP contribution in [0.25, 0.3) is 10.9 Å². The summed E-state index contributed by atoms with van der Waals surface area (Å²) in [6, 6.07) is 10.7. The SMILES string of the molecule is COc1ccc2c3c([nH]c2c1)[C@H](CO)N(C(=O)c1cccc(F)c1)CC31CN(C(C)=O)C1. The lowest BCUT2D eigenvalue weighted by atomic mass is 9.68. The van der Waals surface area contributed by atoms with Crippen LogP contribution in [0.1, 0.15) is 34.6 Å². The van der Waals surface area contributed by atoms with E-state index in [1.165, 1.54) is 25.1 Å². The zero-order valence-electron chi connectivity index (χ0n) is 17.9. The first-order valence-electron chi connectivity index (χ1n) is 10.5. The van der Waals surface area contributed by atoms with Crippen molar-refractivity contribution in [1.29, 1.82) is 0 Å². The number of aliphatic hydroxyl groups excluding tert-OH is 1. The highest BCUT2D eigenvalue weighted by Gasteiger charge is 2.54. The Morgan fingerprint density at radius 3 is 2.66 bits per heavy atom. The molecule has 0 unspecified atom stereocenters. The number of methoxy groups -OCH3 is 1. The summed E-state index contributed by atoms with van der Waals surface area (Å²) in [6.45, 7) is 2.51. The van der Waals surface area contributed by atoms with Gasteiger partial charge in [0.1, 0.15) is 11.6 Å². The molecule has 2 aliphatic heterocycles. The molecule has 8 heteroatoms. The lowest BCUT2D eigenvalue weighted by Gasteiger charge is -2.56. The predicted octanol–water partition coefficient (Wildman–Crippen LogP) is 2.60. The number of hydrogen-bond acceptors (Lipinski definition) is 4. The van der Waals surface area contributed by atoms with E-state index in [0.717, 1.165) is 22.2 Å². The number of nitrogens with zero attached hydrogens (tertiary/aromatic N) is 2. The number of aliphatic hydroxyl groups is 1. The smallest absolute Gasteiger partial charge is 0.254 e. The average molecular weight is 437 g/mol. The summed E-state index contributed by atoms with van der Waals surface area (Å²) in [7, 11) is 1.60. The minimum absolute atomic E-state index is 0.0222. The Labute approximate surface area is 184 Å². The number of carbonyl (C=O) groups is 2. The van der Waals surface area contributed by atoms with E-state index >= 15 is 0 Å². The van der Waals surface area contributed by atoms with Crippen molar-refractivity contribution >= 4 is 22.7 Å². The molecule has 1 spiro atoms. The van der Waals surface area contributed by atoms with Crippen molar-refractivity contribution in [3.8, 4) is 5.75 Å². The number of halogens is 1. The van der Waals surface area contributed by atoms with Gasteiger partial charge in [-0.25, -0.2) is 4.39 Å². The monoisotopic (exact) mass is 437 g/mol. The van der Waals surface area contributed by atoms with Crippen molar-refractivity contribution in [2.24, 2.45) is 0 Å². The molecular formula is C24H24FN3O4. The first-order valence-corrected chi connectivity index (χ1v) is 10.5. The van der Waals surface area contributed by atoms with Gasteiger partial charge >= 0.3 is 0 Å². The van der Waals surface area contributed by atoms with Gasteiger partial charge in [-0.2, -0.15) is 0 Å². The maximum atomic E-state index is 13.8. The van der Waals surface area contributed by atoms with Crippen molar-refractivity contribution in [3.05, 3.63) is 65.1 Å². The van der Waals surface area contributed by atoms with Crippen molar-refractivity contribution in [1.82, 2.24) is 14.8 Å². The summed E-state index contributed by atoms with van der Waals surface area (Å²) in [5, 5.41) is 11.3. The van der Waals surface area contributed by atoms with Gasteiger partial charge in [0.2, 0.25) is 5.91 Å². The second-order valence-corrected chi connectivity index (χ2v) is 8.62. The number of hydrogen-bond donors (Lipinski definition) is 2. The van der Waals surface area contributed by atoms with Gasteiger partial charge in [0, 0.05) is 54.8 Å². The number of aromatic amines is 1. The van der Waals surface area contributed by atoms with Crippen LogP contribution in [-0.4, -0.2) is 65.1 Å². The van der Waals surface area contributed by atoms with E-state index < -0.39 is 17.3 Å². The Bertz CT molecular complexity index is 1230. The second kappa shape index (κ2) is 7.34. The van der Waals surface area contributed by atoms with Crippen LogP contribution in [0.5, 0.6) is 5.75 Å². The zero-order valence-corrected chi connectivity index (χ0v) is 17.9. The van der Waals surface area contributed by atoms with Crippen molar-refractivity contribution in [2.45, 2.75) is 18.4 Å². The van der Waals surface area contributed by atoms with E-state index in [4.69, 9.17) is 4.74 Å². The largest absolute Gasteiger partial charge is 0.497 e. The number of likely N-dealkylation sites (tertiary alicyclic amines) is 1. The minimum atomic E-state index is -0.615. The van der Waals surface area contributed by atoms with Gasteiger partial charge in [0.25, 0.3) is 5.91 Å². The third-order valence-corrected chi connectivity index (χ3v) is 6.69. The molecule has 3 heterocycles. The molecule has 5 rings (SSSR count). The van der Waals surface area contributed by atoms with E-state index in [9.17, 15) is 19.1 Å². The highest BCUT2D eigenvalue weighted by atomic mass is 19.1. The van der Waals surface area contributed by atoms with Crippen molar-refractivity contribution in [3.63, 3.8) is 0 Å². The van der Waals surface area contributed by atoms with Crippen LogP contribution >= 0.6 is 0 Å². The number of carbonyl (C=O) groups excluding carboxylic acids is 2. The van der Waals surface area contributed by atoms with Gasteiger partial charge in [0.15, 0.2) is 0 Å². The normalized spacial score (nSPS) is 19.1. The van der Waals surface area contributed by atoms with Crippen molar-refractivity contribution < 1.29 is 23.8 Å². The fourth-order valence-corrected chi connectivity index (χ4v) is 5.17. The van der Waals surface area contributed by atoms with Gasteiger partial charge < -0.3 is 24.6 Å². The van der Waals surface area contributed by atoms with E-state index in [2.05, 4.69) is 4.98 Å². The number of fused-ring (bicyclic) bond motifs is 4. The highest BCUT2D eigenvalue weighted by molar-refractivity contribution is 5.96. The maximum absolute atomic E-state index is 13.8. The fourth-order valence-electron chi connectivity index (χ4n) is 5.17. The summed E-state index contributed by atoms with van der Waals surface area (Å²) < 4.78 is 19.2. The van der Waals surface area contributed by atoms with Crippen LogP contribution < -0.4 is 4.74 Å². The Morgan fingerprint density at radius 2 is 2.00 bits per heavy atom. The first kappa shape index (κ1) is 20.5. The molecule has 166 valence electrons. The van der Waals surface area contributed by atoms with E-state index in [-0.39, 0.29) is 24.0 Å². The Hall–Kier alpha value is -3.39. The van der Waals surface area contributed by atoms with Gasteiger partial charge in [-0.05, 0) is 35.9 Å². The standard InChI is InChI=1S/C24H24FN3O4/c1-14(30)27-11-24(12-27)13-28(23(31)15-4-3-5-16(25)8-15)20(10-29)22-21(24)18-7-6-17(32-2)9-19(18)26-22/h3-9,20,26,29H,10-13H2,1-2H3/t20-/m0/s1. The third kappa shape index (κ3) is 2.97. The molecule has 0 radical (unpaired) electrons. The fraction of sp³-hybridized carbons (Fsp3) is 0.333. The molecule has 1 fully saturated rings. The predicted molar refractivity (Wildman–Crippen MR) is 116 cm³/mol. The van der Waals surface area contributed by atoms with Crippen molar-refractivity contribution in [2.75, 3.05) is 33.4 Å². The number of benzene rings is 2. The molecule has 2 aromatic carbocycles. The number of amides is 2. The van der Waals surface area contributed by atoms with Crippen LogP contribution in [-0.2, 0) is 10.2 Å². The first-order chi connectivity index (χ1) is 15.4. The molecule has 3 aromatic rings. The highest BCUT2D eigenvalue weighted by Crippen LogP contribution is 2.48. The Kier molecular flexibility index (Phi) is 4.70. The number of nitrogens with one attached hydrogen (secondary N) is 1. The molecule has 0 saturated carbocycles. The van der Waals surface area contributed by atoms with Crippen LogP contribution in [0.15, 0.2) is 42.5 Å². The molecule has 0 aliphatic carbocycles. The summed E-state index contributed by atoms with van der Waals surface area (Å²) in [4.78, 5) is 32.1. The second-order valence-electron chi connectivity index (χ2n) is 8.62. The molecule has 2 aliphatic rings. The quantitative estimate of drug-likeness (QED) is 0.660. The molecule has 32 heavy (non-hydrogen) atoms. The van der Waals surface area contributed by atoms with Gasteiger partial charge in [-0.15, -0.1) is 0 Å². The van der Waals surface area contributed by atoms with Gasteiger partial charge in [0.05, 0.1) is 25.2 Å². The van der Waals surface area contributed by atoms with E-state index in [1.54, 1.807) is 23.0 Å². The minimum Gasteiger partial charge on any atom is -0.497 e. The summed E-state index contributed by atoms with van der Waals surface area (Å²) in [5.74, 6) is -0.178. The molecule has 1 aromatic heterocycles. The Morgan fingerprint density at radius 1 is 1.22 bits per heavy atom. The number of rotatable bonds is 3. The van der Waals surface area contributed by atoms with Crippen LogP contribution in [0.3, 0.4) is 0 Å². The number of H-pyrrole nitrogens is 1. The van der Waals surface area contributed by atoms with Gasteiger partial charge in [-0.1, -0.05) is 6.07 Å². The summed E-state index contributed by atoms with van der Waals surface area (Å²) in [5.41, 5.74) is 2.36. The Balaban J connectivity index is 1.66. The number of aromatic nitrogens is 1. The third-order valence-electron chi connectivity index (χ3n) is 6.69. The summed E-state index contributed by atoms with van der Waals surface area (Å²) >= 11 is 0. The molecule has 2 amide bonds. The number of ether oxygens (including phenoxy) is 1. The lowest BCUT2D eigenvalue weighted by molar-refractivity contribution is -0.137. The molecular weight excluding hydrogens is 413 g/mol. The van der Waals surface area contributed by atoms with Crippen LogP contribution in [0.2, 0.25) is 0 Å². The van der Waals surface area contributed by atoms with Gasteiger partial charge in [-0.3, -0.25) is 9.59 Å². The van der Waals surface area contributed by atoms with E-state index in [0.29, 0.717) is 25.4 Å². The van der Waals surface area contributed by atoms with Crippen LogP contribution in [0, 0.1) is 5.82 Å². The molecule has 1 atom stereocenters. The zero-order chi connectivity index (χ0) is 22.6. The topological polar surface area (TPSA) is 85.9 Å². The maximum Gasteiger partial charge on any atom is 0.254 e. The molecule has 1 saturated heterocycles. The summed E-state index contributed by atoms with van der Waals surface area (Å²) in [6.07, 6.45) is 0.